The fourth-order valence-corrected chi connectivity index (χ4v) is 2.71. The molecule has 0 radical (unpaired) electrons. The molecule has 2 aliphatic heterocycles. The van der Waals surface area contributed by atoms with Crippen molar-refractivity contribution in [1.82, 2.24) is 15.1 Å². The van der Waals surface area contributed by atoms with E-state index in [1.807, 2.05) is 4.90 Å². The molecular formula is C12H23N3O. The average Bonchev–Trinajstić information content (AvgIpc) is 2.76. The van der Waals surface area contributed by atoms with Crippen LogP contribution in [0.2, 0.25) is 0 Å². The Morgan fingerprint density at radius 1 is 1.50 bits per heavy atom. The molecule has 16 heavy (non-hydrogen) atoms. The van der Waals surface area contributed by atoms with Crippen LogP contribution in [-0.2, 0) is 4.79 Å². The molecule has 2 saturated heterocycles. The van der Waals surface area contributed by atoms with Gasteiger partial charge in [0.25, 0.3) is 0 Å². The molecule has 92 valence electrons. The molecular weight excluding hydrogens is 202 g/mol. The summed E-state index contributed by atoms with van der Waals surface area (Å²) < 4.78 is 0. The van der Waals surface area contributed by atoms with Crippen LogP contribution in [0.3, 0.4) is 0 Å². The number of hydrogen-bond donors (Lipinski definition) is 1. The van der Waals surface area contributed by atoms with Gasteiger partial charge in [0, 0.05) is 12.6 Å². The van der Waals surface area contributed by atoms with Gasteiger partial charge in [-0.1, -0.05) is 13.8 Å². The zero-order valence-electron chi connectivity index (χ0n) is 10.6. The molecule has 0 aromatic carbocycles. The van der Waals surface area contributed by atoms with E-state index < -0.39 is 0 Å². The van der Waals surface area contributed by atoms with E-state index in [4.69, 9.17) is 0 Å². The summed E-state index contributed by atoms with van der Waals surface area (Å²) in [6.07, 6.45) is 2.50. The van der Waals surface area contributed by atoms with Gasteiger partial charge in [-0.25, -0.2) is 0 Å². The minimum atomic E-state index is 0.0340. The summed E-state index contributed by atoms with van der Waals surface area (Å²) in [5, 5.41) is 3.30. The van der Waals surface area contributed by atoms with Gasteiger partial charge in [-0.15, -0.1) is 0 Å². The van der Waals surface area contributed by atoms with Crippen molar-refractivity contribution in [3.63, 3.8) is 0 Å². The van der Waals surface area contributed by atoms with Gasteiger partial charge in [0.1, 0.15) is 0 Å². The highest BCUT2D eigenvalue weighted by atomic mass is 16.2. The number of hydrogen-bond acceptors (Lipinski definition) is 3. The number of likely N-dealkylation sites (tertiary alicyclic amines) is 1. The highest BCUT2D eigenvalue weighted by molar-refractivity contribution is 5.84. The molecule has 0 aromatic rings. The molecule has 2 rings (SSSR count). The summed E-state index contributed by atoms with van der Waals surface area (Å²) in [7, 11) is 2.16. The van der Waals surface area contributed by atoms with Crippen LogP contribution in [0.1, 0.15) is 26.7 Å². The van der Waals surface area contributed by atoms with Crippen LogP contribution in [0.5, 0.6) is 0 Å². The van der Waals surface area contributed by atoms with E-state index in [1.54, 1.807) is 0 Å². The van der Waals surface area contributed by atoms with Crippen molar-refractivity contribution in [2.24, 2.45) is 5.92 Å². The first-order valence-electron chi connectivity index (χ1n) is 6.32. The van der Waals surface area contributed by atoms with Gasteiger partial charge in [-0.2, -0.15) is 0 Å². The Balaban J connectivity index is 1.89. The van der Waals surface area contributed by atoms with Crippen LogP contribution in [0, 0.1) is 5.92 Å². The van der Waals surface area contributed by atoms with Crippen molar-refractivity contribution in [3.05, 3.63) is 0 Å². The van der Waals surface area contributed by atoms with Crippen molar-refractivity contribution < 1.29 is 4.79 Å². The lowest BCUT2D eigenvalue weighted by molar-refractivity contribution is -0.130. The number of likely N-dealkylation sites (N-methyl/N-ethyl adjacent to an activating group) is 1. The number of nitrogens with zero attached hydrogens (tertiary/aromatic N) is 2. The van der Waals surface area contributed by atoms with Gasteiger partial charge in [0.2, 0.25) is 5.91 Å². The van der Waals surface area contributed by atoms with E-state index in [9.17, 15) is 4.79 Å². The number of carbonyl (C=O) groups is 1. The maximum Gasteiger partial charge on any atom is 0.241 e. The van der Waals surface area contributed by atoms with E-state index >= 15 is 0 Å². The summed E-state index contributed by atoms with van der Waals surface area (Å²) in [5.41, 5.74) is 0. The van der Waals surface area contributed by atoms with E-state index in [0.717, 1.165) is 13.2 Å². The van der Waals surface area contributed by atoms with Gasteiger partial charge in [0.15, 0.2) is 0 Å². The highest BCUT2D eigenvalue weighted by Crippen LogP contribution is 2.18. The lowest BCUT2D eigenvalue weighted by Gasteiger charge is -2.25. The molecule has 0 bridgehead atoms. The van der Waals surface area contributed by atoms with Crippen LogP contribution < -0.4 is 5.32 Å². The number of rotatable bonds is 3. The molecule has 1 amide bonds. The van der Waals surface area contributed by atoms with Gasteiger partial charge in [0.05, 0.1) is 12.7 Å². The molecule has 2 fully saturated rings. The first kappa shape index (κ1) is 11.9. The molecule has 0 aromatic heterocycles. The third-order valence-electron chi connectivity index (χ3n) is 3.85. The van der Waals surface area contributed by atoms with E-state index in [-0.39, 0.29) is 11.9 Å². The molecule has 0 aliphatic carbocycles. The molecule has 0 saturated carbocycles. The second kappa shape index (κ2) is 4.72. The lowest BCUT2D eigenvalue weighted by atomic mass is 10.0. The van der Waals surface area contributed by atoms with Crippen LogP contribution >= 0.6 is 0 Å². The standard InChI is InChI=1S/C12H23N3O/c1-9(2)11-12(16)15(8-13-11)7-10-5-4-6-14(10)3/h9-11,13H,4-8H2,1-3H3. The zero-order valence-corrected chi connectivity index (χ0v) is 10.6. The summed E-state index contributed by atoms with van der Waals surface area (Å²) in [5.74, 6) is 0.675. The largest absolute Gasteiger partial charge is 0.327 e. The lowest BCUT2D eigenvalue weighted by Crippen LogP contribution is -2.41. The molecule has 0 spiro atoms. The maximum atomic E-state index is 12.1. The summed E-state index contributed by atoms with van der Waals surface area (Å²) in [6.45, 7) is 6.99. The molecule has 2 heterocycles. The van der Waals surface area contributed by atoms with Crippen LogP contribution in [0.15, 0.2) is 0 Å². The van der Waals surface area contributed by atoms with Gasteiger partial charge in [-0.05, 0) is 32.4 Å². The summed E-state index contributed by atoms with van der Waals surface area (Å²) >= 11 is 0. The number of nitrogens with one attached hydrogen (secondary N) is 1. The van der Waals surface area contributed by atoms with Crippen molar-refractivity contribution >= 4 is 5.91 Å². The first-order valence-corrected chi connectivity index (χ1v) is 6.32. The number of amides is 1. The molecule has 4 heteroatoms. The van der Waals surface area contributed by atoms with Crippen molar-refractivity contribution in [3.8, 4) is 0 Å². The minimum Gasteiger partial charge on any atom is -0.327 e. The minimum absolute atomic E-state index is 0.0340. The predicted octanol–water partition coefficient (Wildman–Crippen LogP) is 0.494. The third kappa shape index (κ3) is 2.23. The normalized spacial score (nSPS) is 32.0. The quantitative estimate of drug-likeness (QED) is 0.759. The van der Waals surface area contributed by atoms with Gasteiger partial charge < -0.3 is 9.80 Å². The Bertz CT molecular complexity index is 267. The van der Waals surface area contributed by atoms with E-state index in [1.165, 1.54) is 19.4 Å². The molecule has 2 atom stereocenters. The maximum absolute atomic E-state index is 12.1. The number of carbonyl (C=O) groups excluding carboxylic acids is 1. The Kier molecular flexibility index (Phi) is 3.50. The smallest absolute Gasteiger partial charge is 0.241 e. The van der Waals surface area contributed by atoms with E-state index in [2.05, 4.69) is 31.1 Å². The first-order chi connectivity index (χ1) is 7.59. The Morgan fingerprint density at radius 3 is 2.75 bits per heavy atom. The van der Waals surface area contributed by atoms with Crippen molar-refractivity contribution in [2.45, 2.75) is 38.8 Å². The second-order valence-electron chi connectivity index (χ2n) is 5.42. The summed E-state index contributed by atoms with van der Waals surface area (Å²) in [4.78, 5) is 16.4. The van der Waals surface area contributed by atoms with Crippen molar-refractivity contribution in [1.29, 1.82) is 0 Å². The summed E-state index contributed by atoms with van der Waals surface area (Å²) in [6, 6.07) is 0.600. The molecule has 2 unspecified atom stereocenters. The molecule has 1 N–H and O–H groups in total. The Morgan fingerprint density at radius 2 is 2.25 bits per heavy atom. The Labute approximate surface area is 98.0 Å². The third-order valence-corrected chi connectivity index (χ3v) is 3.85. The van der Waals surface area contributed by atoms with Crippen LogP contribution in [0.4, 0.5) is 0 Å². The van der Waals surface area contributed by atoms with Gasteiger partial charge >= 0.3 is 0 Å². The fraction of sp³-hybridized carbons (Fsp3) is 0.917. The topological polar surface area (TPSA) is 35.6 Å². The zero-order chi connectivity index (χ0) is 11.7. The SMILES string of the molecule is CC(C)C1NCN(CC2CCCN2C)C1=O. The van der Waals surface area contributed by atoms with E-state index in [0.29, 0.717) is 12.0 Å². The van der Waals surface area contributed by atoms with Crippen molar-refractivity contribution in [2.75, 3.05) is 26.8 Å². The van der Waals surface area contributed by atoms with Gasteiger partial charge in [-0.3, -0.25) is 10.1 Å². The van der Waals surface area contributed by atoms with Crippen LogP contribution in [-0.4, -0.2) is 54.6 Å². The monoisotopic (exact) mass is 225 g/mol. The fourth-order valence-electron chi connectivity index (χ4n) is 2.71. The molecule has 2 aliphatic rings. The Hall–Kier alpha value is -0.610. The average molecular weight is 225 g/mol. The predicted molar refractivity (Wildman–Crippen MR) is 64.0 cm³/mol. The van der Waals surface area contributed by atoms with Crippen LogP contribution in [0.25, 0.3) is 0 Å². The second-order valence-corrected chi connectivity index (χ2v) is 5.42. The highest BCUT2D eigenvalue weighted by Gasteiger charge is 2.35. The molecule has 4 nitrogen and oxygen atoms in total.